The molecule has 0 saturated carbocycles. The van der Waals surface area contributed by atoms with Gasteiger partial charge in [-0.05, 0) is 6.42 Å². The number of hydrogen-bond donors (Lipinski definition) is 0. The smallest absolute Gasteiger partial charge is 0.200 e. The first-order valence-corrected chi connectivity index (χ1v) is 2.79. The molecule has 54 valence electrons. The van der Waals surface area contributed by atoms with Crippen LogP contribution in [0.1, 0.15) is 6.42 Å². The fourth-order valence-electron chi connectivity index (χ4n) is 0.730. The Labute approximate surface area is 56.4 Å². The Kier molecular flexibility index (Phi) is 1.94. The summed E-state index contributed by atoms with van der Waals surface area (Å²) < 4.78 is 35.3. The highest BCUT2D eigenvalue weighted by Gasteiger charge is 2.10. The van der Waals surface area contributed by atoms with Gasteiger partial charge < -0.3 is 0 Å². The van der Waals surface area contributed by atoms with Crippen molar-refractivity contribution in [1.82, 2.24) is 0 Å². The summed E-state index contributed by atoms with van der Waals surface area (Å²) in [6, 6.07) is 0. The van der Waals surface area contributed by atoms with Gasteiger partial charge in [-0.2, -0.15) is 8.78 Å². The normalized spacial score (nSPS) is 15.3. The van der Waals surface area contributed by atoms with E-state index in [0.717, 1.165) is 0 Å². The Morgan fingerprint density at radius 1 is 1.30 bits per heavy atom. The van der Waals surface area contributed by atoms with Crippen molar-refractivity contribution in [2.75, 3.05) is 0 Å². The van der Waals surface area contributed by atoms with E-state index in [0.29, 0.717) is 6.42 Å². The molecular formula is C7H5F3. The molecule has 0 unspecified atom stereocenters. The van der Waals surface area contributed by atoms with Crippen molar-refractivity contribution in [2.45, 2.75) is 6.42 Å². The van der Waals surface area contributed by atoms with Gasteiger partial charge >= 0.3 is 6.08 Å². The lowest BCUT2D eigenvalue weighted by atomic mass is 10.3. The van der Waals surface area contributed by atoms with E-state index in [1.54, 1.807) is 6.08 Å². The molecule has 0 aromatic rings. The molecule has 0 aromatic carbocycles. The third-order valence-corrected chi connectivity index (χ3v) is 1.19. The van der Waals surface area contributed by atoms with Crippen LogP contribution in [-0.2, 0) is 0 Å². The molecule has 0 nitrogen and oxygen atoms in total. The van der Waals surface area contributed by atoms with Gasteiger partial charge in [0.2, 0.25) is 0 Å². The number of halogens is 3. The standard InChI is InChI=1S/C7H5F3/c8-6(7(9)10)5-3-1-2-4-5/h1,3-4H,2H2. The van der Waals surface area contributed by atoms with Gasteiger partial charge in [-0.3, -0.25) is 0 Å². The first-order valence-electron chi connectivity index (χ1n) is 2.79. The topological polar surface area (TPSA) is 0 Å². The van der Waals surface area contributed by atoms with E-state index in [2.05, 4.69) is 0 Å². The quantitative estimate of drug-likeness (QED) is 0.533. The van der Waals surface area contributed by atoms with E-state index in [-0.39, 0.29) is 5.57 Å². The molecule has 0 fully saturated rings. The van der Waals surface area contributed by atoms with Gasteiger partial charge in [0.15, 0.2) is 5.83 Å². The molecule has 0 spiro atoms. The minimum atomic E-state index is -2.25. The highest BCUT2D eigenvalue weighted by atomic mass is 19.3. The average molecular weight is 146 g/mol. The molecule has 0 heterocycles. The maximum atomic E-state index is 12.2. The SMILES string of the molecule is FC(F)=C(F)C1=CCC=C1. The second kappa shape index (κ2) is 2.73. The van der Waals surface area contributed by atoms with Gasteiger partial charge in [0.25, 0.3) is 0 Å². The second-order valence-electron chi connectivity index (χ2n) is 1.87. The summed E-state index contributed by atoms with van der Waals surface area (Å²) in [6.45, 7) is 0. The Hall–Kier alpha value is -0.990. The van der Waals surface area contributed by atoms with Gasteiger partial charge in [0.05, 0.1) is 0 Å². The van der Waals surface area contributed by atoms with Gasteiger partial charge in [-0.1, -0.05) is 18.2 Å². The summed E-state index contributed by atoms with van der Waals surface area (Å²) in [5.74, 6) is -1.41. The predicted molar refractivity (Wildman–Crippen MR) is 32.2 cm³/mol. The van der Waals surface area contributed by atoms with Crippen molar-refractivity contribution < 1.29 is 13.2 Å². The number of allylic oxidation sites excluding steroid dienone is 5. The molecule has 1 aliphatic carbocycles. The molecular weight excluding hydrogens is 141 g/mol. The number of rotatable bonds is 1. The van der Waals surface area contributed by atoms with Crippen molar-refractivity contribution in [1.29, 1.82) is 0 Å². The van der Waals surface area contributed by atoms with Crippen molar-refractivity contribution in [3.63, 3.8) is 0 Å². The molecule has 10 heavy (non-hydrogen) atoms. The molecule has 0 N–H and O–H groups in total. The molecule has 0 atom stereocenters. The van der Waals surface area contributed by atoms with Crippen molar-refractivity contribution in [3.05, 3.63) is 35.7 Å². The maximum Gasteiger partial charge on any atom is 0.306 e. The fourth-order valence-corrected chi connectivity index (χ4v) is 0.730. The van der Waals surface area contributed by atoms with Crippen LogP contribution in [0, 0.1) is 0 Å². The molecule has 1 rings (SSSR count). The summed E-state index contributed by atoms with van der Waals surface area (Å²) in [6.07, 6.45) is 2.66. The maximum absolute atomic E-state index is 12.2. The second-order valence-corrected chi connectivity index (χ2v) is 1.87. The summed E-state index contributed by atoms with van der Waals surface area (Å²) in [7, 11) is 0. The van der Waals surface area contributed by atoms with Crippen LogP contribution in [0.4, 0.5) is 13.2 Å². The molecule has 0 aromatic heterocycles. The molecule has 0 bridgehead atoms. The predicted octanol–water partition coefficient (Wildman–Crippen LogP) is 2.95. The van der Waals surface area contributed by atoms with Gasteiger partial charge in [-0.15, -0.1) is 0 Å². The highest BCUT2D eigenvalue weighted by molar-refractivity contribution is 5.39. The van der Waals surface area contributed by atoms with Crippen molar-refractivity contribution in [2.24, 2.45) is 0 Å². The first kappa shape index (κ1) is 7.12. The lowest BCUT2D eigenvalue weighted by Gasteiger charge is -1.90. The van der Waals surface area contributed by atoms with E-state index in [4.69, 9.17) is 0 Å². The van der Waals surface area contributed by atoms with Crippen LogP contribution < -0.4 is 0 Å². The van der Waals surface area contributed by atoms with E-state index in [1.807, 2.05) is 0 Å². The Morgan fingerprint density at radius 3 is 2.40 bits per heavy atom. The molecule has 0 radical (unpaired) electrons. The zero-order valence-electron chi connectivity index (χ0n) is 5.07. The van der Waals surface area contributed by atoms with E-state index >= 15 is 0 Å². The Bertz CT molecular complexity index is 219. The van der Waals surface area contributed by atoms with Crippen LogP contribution in [0.2, 0.25) is 0 Å². The highest BCUT2D eigenvalue weighted by Crippen LogP contribution is 2.23. The minimum Gasteiger partial charge on any atom is -0.200 e. The lowest BCUT2D eigenvalue weighted by Crippen LogP contribution is -1.77. The summed E-state index contributed by atoms with van der Waals surface area (Å²) in [5.41, 5.74) is -0.0139. The zero-order chi connectivity index (χ0) is 7.56. The van der Waals surface area contributed by atoms with Crippen molar-refractivity contribution >= 4 is 0 Å². The Morgan fingerprint density at radius 2 is 2.00 bits per heavy atom. The van der Waals surface area contributed by atoms with Crippen LogP contribution >= 0.6 is 0 Å². The largest absolute Gasteiger partial charge is 0.306 e. The van der Waals surface area contributed by atoms with Gasteiger partial charge in [-0.25, -0.2) is 4.39 Å². The van der Waals surface area contributed by atoms with Crippen LogP contribution in [0.25, 0.3) is 0 Å². The molecule has 0 aliphatic heterocycles. The van der Waals surface area contributed by atoms with Gasteiger partial charge in [0, 0.05) is 5.57 Å². The van der Waals surface area contributed by atoms with Crippen LogP contribution in [0.15, 0.2) is 35.7 Å². The minimum absolute atomic E-state index is 0.0139. The van der Waals surface area contributed by atoms with Crippen LogP contribution in [-0.4, -0.2) is 0 Å². The van der Waals surface area contributed by atoms with E-state index in [9.17, 15) is 13.2 Å². The number of hydrogen-bond acceptors (Lipinski definition) is 0. The summed E-state index contributed by atoms with van der Waals surface area (Å²) in [5, 5.41) is 0. The summed E-state index contributed by atoms with van der Waals surface area (Å²) >= 11 is 0. The van der Waals surface area contributed by atoms with Crippen LogP contribution in [0.5, 0.6) is 0 Å². The van der Waals surface area contributed by atoms with E-state index < -0.39 is 11.9 Å². The lowest BCUT2D eigenvalue weighted by molar-refractivity contribution is 0.385. The Balaban J connectivity index is 2.85. The molecule has 0 saturated heterocycles. The first-order chi connectivity index (χ1) is 4.72. The average Bonchev–Trinajstić information content (AvgIpc) is 2.36. The fraction of sp³-hybridized carbons (Fsp3) is 0.143. The summed E-state index contributed by atoms with van der Waals surface area (Å²) in [4.78, 5) is 0. The van der Waals surface area contributed by atoms with E-state index in [1.165, 1.54) is 12.2 Å². The van der Waals surface area contributed by atoms with Gasteiger partial charge in [0.1, 0.15) is 0 Å². The third kappa shape index (κ3) is 1.29. The molecule has 3 heteroatoms. The zero-order valence-corrected chi connectivity index (χ0v) is 5.07. The molecule has 1 aliphatic rings. The van der Waals surface area contributed by atoms with Crippen molar-refractivity contribution in [3.8, 4) is 0 Å². The monoisotopic (exact) mass is 146 g/mol. The third-order valence-electron chi connectivity index (χ3n) is 1.19. The van der Waals surface area contributed by atoms with Crippen LogP contribution in [0.3, 0.4) is 0 Å². The molecule has 0 amide bonds.